The van der Waals surface area contributed by atoms with Gasteiger partial charge in [-0.1, -0.05) is 11.6 Å². The molecular weight excluding hydrogens is 359 g/mol. The van der Waals surface area contributed by atoms with Crippen LogP contribution in [0.15, 0.2) is 35.3 Å². The van der Waals surface area contributed by atoms with Crippen LogP contribution in [-0.4, -0.2) is 9.55 Å². The first-order valence-electron chi connectivity index (χ1n) is 4.35. The summed E-state index contributed by atoms with van der Waals surface area (Å²) in [6, 6.07) is 6.91. The van der Waals surface area contributed by atoms with Crippen LogP contribution in [0.25, 0.3) is 5.69 Å². The lowest BCUT2D eigenvalue weighted by Gasteiger charge is -2.08. The number of rotatable bonds is 1. The standard InChI is InChI=1S/C10H6ClIN2OS/c11-6-1-2-8(7(12)5-6)14-4-3-9(15)13-10(14)16/h1-5H,(H,13,15,16). The van der Waals surface area contributed by atoms with Crippen molar-refractivity contribution in [1.82, 2.24) is 9.55 Å². The highest BCUT2D eigenvalue weighted by molar-refractivity contribution is 14.1. The molecule has 1 N–H and O–H groups in total. The zero-order chi connectivity index (χ0) is 11.7. The average molecular weight is 365 g/mol. The van der Waals surface area contributed by atoms with Gasteiger partial charge in [0.2, 0.25) is 0 Å². The van der Waals surface area contributed by atoms with Crippen LogP contribution >= 0.6 is 46.4 Å². The van der Waals surface area contributed by atoms with E-state index in [0.717, 1.165) is 9.26 Å². The van der Waals surface area contributed by atoms with Gasteiger partial charge in [-0.2, -0.15) is 0 Å². The van der Waals surface area contributed by atoms with E-state index >= 15 is 0 Å². The molecule has 0 saturated heterocycles. The third-order valence-electron chi connectivity index (χ3n) is 1.99. The van der Waals surface area contributed by atoms with E-state index < -0.39 is 0 Å². The smallest absolute Gasteiger partial charge is 0.251 e. The number of halogens is 2. The molecule has 0 aliphatic heterocycles. The maximum absolute atomic E-state index is 11.1. The molecule has 0 fully saturated rings. The molecule has 0 saturated carbocycles. The number of benzene rings is 1. The number of aromatic amines is 1. The molecule has 0 radical (unpaired) electrons. The van der Waals surface area contributed by atoms with Gasteiger partial charge >= 0.3 is 0 Å². The minimum atomic E-state index is -0.203. The Labute approximate surface area is 115 Å². The molecule has 0 bridgehead atoms. The summed E-state index contributed by atoms with van der Waals surface area (Å²) in [6.45, 7) is 0. The highest BCUT2D eigenvalue weighted by Gasteiger charge is 2.03. The fourth-order valence-electron chi connectivity index (χ4n) is 1.28. The third-order valence-corrected chi connectivity index (χ3v) is 3.39. The number of hydrogen-bond acceptors (Lipinski definition) is 2. The molecule has 16 heavy (non-hydrogen) atoms. The first kappa shape index (κ1) is 11.8. The van der Waals surface area contributed by atoms with Gasteiger partial charge in [0.05, 0.1) is 5.69 Å². The molecule has 6 heteroatoms. The van der Waals surface area contributed by atoms with Crippen molar-refractivity contribution >= 4 is 46.4 Å². The molecule has 82 valence electrons. The van der Waals surface area contributed by atoms with E-state index in [9.17, 15) is 4.79 Å². The highest BCUT2D eigenvalue weighted by Crippen LogP contribution is 2.21. The molecule has 0 amide bonds. The summed E-state index contributed by atoms with van der Waals surface area (Å²) in [7, 11) is 0. The lowest BCUT2D eigenvalue weighted by Crippen LogP contribution is -2.10. The predicted molar refractivity (Wildman–Crippen MR) is 75.0 cm³/mol. The van der Waals surface area contributed by atoms with Crippen molar-refractivity contribution in [2.45, 2.75) is 0 Å². The van der Waals surface area contributed by atoms with Crippen molar-refractivity contribution in [3.63, 3.8) is 0 Å². The summed E-state index contributed by atoms with van der Waals surface area (Å²) in [6.07, 6.45) is 1.65. The molecular formula is C10H6ClIN2OS. The van der Waals surface area contributed by atoms with E-state index in [2.05, 4.69) is 27.6 Å². The van der Waals surface area contributed by atoms with Gasteiger partial charge in [-0.25, -0.2) is 0 Å². The van der Waals surface area contributed by atoms with Crippen molar-refractivity contribution in [3.8, 4) is 5.69 Å². The fourth-order valence-corrected chi connectivity index (χ4v) is 2.67. The molecule has 1 aromatic carbocycles. The summed E-state index contributed by atoms with van der Waals surface area (Å²) in [5, 5.41) is 0.670. The maximum atomic E-state index is 11.1. The zero-order valence-corrected chi connectivity index (χ0v) is 11.6. The second-order valence-corrected chi connectivity index (χ2v) is 5.06. The largest absolute Gasteiger partial charge is 0.299 e. The van der Waals surface area contributed by atoms with Crippen LogP contribution in [0, 0.1) is 8.34 Å². The van der Waals surface area contributed by atoms with Crippen LogP contribution in [0.1, 0.15) is 0 Å². The Balaban J connectivity index is 2.68. The monoisotopic (exact) mass is 364 g/mol. The van der Waals surface area contributed by atoms with Crippen LogP contribution in [0.5, 0.6) is 0 Å². The Morgan fingerprint density at radius 1 is 1.38 bits per heavy atom. The average Bonchev–Trinajstić information content (AvgIpc) is 2.19. The number of H-pyrrole nitrogens is 1. The van der Waals surface area contributed by atoms with Gasteiger partial charge in [0.15, 0.2) is 4.77 Å². The zero-order valence-electron chi connectivity index (χ0n) is 7.91. The van der Waals surface area contributed by atoms with Crippen LogP contribution in [0.4, 0.5) is 0 Å². The SMILES string of the molecule is O=c1ccn(-c2ccc(Cl)cc2I)c(=S)[nH]1. The molecule has 1 heterocycles. The van der Waals surface area contributed by atoms with Gasteiger partial charge in [-0.05, 0) is 53.0 Å². The topological polar surface area (TPSA) is 37.8 Å². The summed E-state index contributed by atoms with van der Waals surface area (Å²) in [5.41, 5.74) is 0.691. The molecule has 2 rings (SSSR count). The molecule has 0 atom stereocenters. The van der Waals surface area contributed by atoms with E-state index in [4.69, 9.17) is 23.8 Å². The van der Waals surface area contributed by atoms with Crippen molar-refractivity contribution in [2.75, 3.05) is 0 Å². The molecule has 0 aliphatic carbocycles. The summed E-state index contributed by atoms with van der Waals surface area (Å²) >= 11 is 13.1. The van der Waals surface area contributed by atoms with Gasteiger partial charge in [0, 0.05) is 20.9 Å². The molecule has 0 aliphatic rings. The Bertz CT molecular complexity index is 650. The van der Waals surface area contributed by atoms with E-state index in [0.29, 0.717) is 9.79 Å². The van der Waals surface area contributed by atoms with E-state index in [1.165, 1.54) is 6.07 Å². The number of aromatic nitrogens is 2. The Morgan fingerprint density at radius 2 is 2.12 bits per heavy atom. The maximum Gasteiger partial charge on any atom is 0.251 e. The van der Waals surface area contributed by atoms with Gasteiger partial charge in [0.25, 0.3) is 5.56 Å². The second-order valence-electron chi connectivity index (χ2n) is 3.08. The normalized spacial score (nSPS) is 10.4. The Hall–Kier alpha value is -0.660. The summed E-state index contributed by atoms with van der Waals surface area (Å²) in [4.78, 5) is 13.6. The first-order valence-corrected chi connectivity index (χ1v) is 6.22. The van der Waals surface area contributed by atoms with Crippen molar-refractivity contribution < 1.29 is 0 Å². The first-order chi connectivity index (χ1) is 7.58. The number of nitrogens with zero attached hydrogens (tertiary/aromatic N) is 1. The lowest BCUT2D eigenvalue weighted by molar-refractivity contribution is 0.933. The lowest BCUT2D eigenvalue weighted by atomic mass is 10.3. The molecule has 0 spiro atoms. The minimum Gasteiger partial charge on any atom is -0.299 e. The molecule has 2 aromatic rings. The van der Waals surface area contributed by atoms with Gasteiger partial charge in [-0.15, -0.1) is 0 Å². The van der Waals surface area contributed by atoms with Crippen molar-refractivity contribution in [3.05, 3.63) is 54.2 Å². The van der Waals surface area contributed by atoms with Gasteiger partial charge < -0.3 is 0 Å². The minimum absolute atomic E-state index is 0.203. The van der Waals surface area contributed by atoms with Crippen LogP contribution in [0.3, 0.4) is 0 Å². The number of hydrogen-bond donors (Lipinski definition) is 1. The Morgan fingerprint density at radius 3 is 2.75 bits per heavy atom. The third kappa shape index (κ3) is 2.36. The quantitative estimate of drug-likeness (QED) is 0.623. The Kier molecular flexibility index (Phi) is 3.46. The molecule has 0 unspecified atom stereocenters. The van der Waals surface area contributed by atoms with Gasteiger partial charge in [0.1, 0.15) is 0 Å². The van der Waals surface area contributed by atoms with Gasteiger partial charge in [-0.3, -0.25) is 14.3 Å². The van der Waals surface area contributed by atoms with Crippen LogP contribution in [0.2, 0.25) is 5.02 Å². The van der Waals surface area contributed by atoms with E-state index in [1.54, 1.807) is 16.8 Å². The van der Waals surface area contributed by atoms with Crippen LogP contribution < -0.4 is 5.56 Å². The molecule has 3 nitrogen and oxygen atoms in total. The highest BCUT2D eigenvalue weighted by atomic mass is 127. The van der Waals surface area contributed by atoms with E-state index in [-0.39, 0.29) is 5.56 Å². The fraction of sp³-hybridized carbons (Fsp3) is 0. The van der Waals surface area contributed by atoms with Crippen molar-refractivity contribution in [1.29, 1.82) is 0 Å². The molecule has 1 aromatic heterocycles. The van der Waals surface area contributed by atoms with Crippen LogP contribution in [-0.2, 0) is 0 Å². The predicted octanol–water partition coefficient (Wildman–Crippen LogP) is 3.15. The second kappa shape index (κ2) is 4.68. The van der Waals surface area contributed by atoms with E-state index in [1.807, 2.05) is 12.1 Å². The van der Waals surface area contributed by atoms with Crippen molar-refractivity contribution in [2.24, 2.45) is 0 Å². The number of nitrogens with one attached hydrogen (secondary N) is 1. The summed E-state index contributed by atoms with van der Waals surface area (Å²) < 4.78 is 3.07. The summed E-state index contributed by atoms with van der Waals surface area (Å²) in [5.74, 6) is 0.